The zero-order valence-electron chi connectivity index (χ0n) is 19.2. The van der Waals surface area contributed by atoms with E-state index in [9.17, 15) is 9.59 Å². The quantitative estimate of drug-likeness (QED) is 0.516. The van der Waals surface area contributed by atoms with Gasteiger partial charge in [-0.1, -0.05) is 23.7 Å². The van der Waals surface area contributed by atoms with Crippen LogP contribution >= 0.6 is 11.6 Å². The standard InChI is InChI=1S/C26H29ClN4O3/c1-2-34-26(33)31-14-11-20-21-15-18(27)7-8-22(21)30-23(20)24(31)16-3-5-17(6-4-16)25(32)29-19-9-12-28-13-10-19/h3-8,15,19,24,28,30H,2,9-14H2,1H3,(H,29,32). The van der Waals surface area contributed by atoms with E-state index in [2.05, 4.69) is 15.6 Å². The van der Waals surface area contributed by atoms with Gasteiger partial charge in [-0.05, 0) is 80.7 Å². The fourth-order valence-corrected chi connectivity index (χ4v) is 5.23. The number of rotatable bonds is 4. The van der Waals surface area contributed by atoms with Gasteiger partial charge in [0.05, 0.1) is 6.61 Å². The average molecular weight is 481 g/mol. The van der Waals surface area contributed by atoms with E-state index in [1.165, 1.54) is 0 Å². The summed E-state index contributed by atoms with van der Waals surface area (Å²) in [5.41, 5.74) is 4.65. The van der Waals surface area contributed by atoms with Crippen LogP contribution in [0.15, 0.2) is 42.5 Å². The number of piperidine rings is 1. The van der Waals surface area contributed by atoms with Crippen molar-refractivity contribution < 1.29 is 14.3 Å². The summed E-state index contributed by atoms with van der Waals surface area (Å²) < 4.78 is 5.37. The lowest BCUT2D eigenvalue weighted by Gasteiger charge is -2.35. The molecule has 3 aromatic rings. The van der Waals surface area contributed by atoms with Crippen molar-refractivity contribution >= 4 is 34.5 Å². The highest BCUT2D eigenvalue weighted by atomic mass is 35.5. The van der Waals surface area contributed by atoms with Gasteiger partial charge in [0.1, 0.15) is 6.04 Å². The van der Waals surface area contributed by atoms with Crippen LogP contribution in [-0.4, -0.2) is 54.2 Å². The number of aromatic nitrogens is 1. The first kappa shape index (κ1) is 22.7. The average Bonchev–Trinajstić information content (AvgIpc) is 3.22. The molecule has 1 saturated heterocycles. The first-order chi connectivity index (χ1) is 16.5. The van der Waals surface area contributed by atoms with E-state index in [1.54, 1.807) is 4.90 Å². The van der Waals surface area contributed by atoms with Crippen molar-refractivity contribution in [2.45, 2.75) is 38.3 Å². The van der Waals surface area contributed by atoms with Gasteiger partial charge >= 0.3 is 6.09 Å². The first-order valence-electron chi connectivity index (χ1n) is 11.9. The number of carbonyl (C=O) groups excluding carboxylic acids is 2. The molecule has 7 nitrogen and oxygen atoms in total. The Balaban J connectivity index is 1.47. The van der Waals surface area contributed by atoms with E-state index < -0.39 is 0 Å². The van der Waals surface area contributed by atoms with Gasteiger partial charge in [-0.3, -0.25) is 9.69 Å². The molecule has 0 bridgehead atoms. The molecule has 2 aliphatic heterocycles. The Labute approximate surface area is 203 Å². The third-order valence-corrected chi connectivity index (χ3v) is 6.99. The third-order valence-electron chi connectivity index (χ3n) is 6.75. The first-order valence-corrected chi connectivity index (χ1v) is 12.3. The largest absolute Gasteiger partial charge is 0.450 e. The van der Waals surface area contributed by atoms with Gasteiger partial charge in [0.15, 0.2) is 0 Å². The molecule has 1 atom stereocenters. The smallest absolute Gasteiger partial charge is 0.410 e. The number of hydrogen-bond donors (Lipinski definition) is 3. The van der Waals surface area contributed by atoms with Crippen LogP contribution in [0.25, 0.3) is 10.9 Å². The van der Waals surface area contributed by atoms with Crippen molar-refractivity contribution in [3.8, 4) is 0 Å². The lowest BCUT2D eigenvalue weighted by Crippen LogP contribution is -2.42. The van der Waals surface area contributed by atoms with E-state index in [4.69, 9.17) is 16.3 Å². The van der Waals surface area contributed by atoms with Gasteiger partial charge < -0.3 is 20.4 Å². The minimum absolute atomic E-state index is 0.0646. The van der Waals surface area contributed by atoms with Crippen LogP contribution in [0.4, 0.5) is 4.79 Å². The molecule has 34 heavy (non-hydrogen) atoms. The summed E-state index contributed by atoms with van der Waals surface area (Å²) in [5.74, 6) is -0.0646. The minimum Gasteiger partial charge on any atom is -0.450 e. The summed E-state index contributed by atoms with van der Waals surface area (Å²) in [6.45, 7) is 4.50. The number of carbonyl (C=O) groups is 2. The molecule has 0 spiro atoms. The molecule has 5 rings (SSSR count). The fraction of sp³-hybridized carbons (Fsp3) is 0.385. The molecule has 2 aliphatic rings. The highest BCUT2D eigenvalue weighted by Gasteiger charge is 2.35. The zero-order valence-corrected chi connectivity index (χ0v) is 20.0. The number of aromatic amines is 1. The summed E-state index contributed by atoms with van der Waals surface area (Å²) in [6.07, 6.45) is 2.24. The number of fused-ring (bicyclic) bond motifs is 3. The van der Waals surface area contributed by atoms with Gasteiger partial charge in [-0.25, -0.2) is 4.79 Å². The molecule has 1 fully saturated rings. The van der Waals surface area contributed by atoms with Crippen LogP contribution in [0, 0.1) is 0 Å². The molecule has 178 valence electrons. The number of hydrogen-bond acceptors (Lipinski definition) is 4. The molecule has 1 unspecified atom stereocenters. The van der Waals surface area contributed by atoms with Gasteiger partial charge in [0.25, 0.3) is 5.91 Å². The van der Waals surface area contributed by atoms with E-state index in [0.29, 0.717) is 30.2 Å². The molecule has 0 radical (unpaired) electrons. The maximum Gasteiger partial charge on any atom is 0.410 e. The van der Waals surface area contributed by atoms with Crippen LogP contribution in [0.5, 0.6) is 0 Å². The fourth-order valence-electron chi connectivity index (χ4n) is 5.06. The van der Waals surface area contributed by atoms with Crippen LogP contribution in [-0.2, 0) is 11.2 Å². The normalized spacial score (nSPS) is 18.5. The number of H-pyrrole nitrogens is 1. The van der Waals surface area contributed by atoms with E-state index in [0.717, 1.165) is 53.7 Å². The van der Waals surface area contributed by atoms with E-state index in [-0.39, 0.29) is 24.1 Å². The predicted molar refractivity (Wildman–Crippen MR) is 132 cm³/mol. The predicted octanol–water partition coefficient (Wildman–Crippen LogP) is 4.41. The molecule has 3 heterocycles. The van der Waals surface area contributed by atoms with Crippen molar-refractivity contribution in [2.24, 2.45) is 0 Å². The number of halogens is 1. The number of benzene rings is 2. The molecule has 1 aromatic heterocycles. The summed E-state index contributed by atoms with van der Waals surface area (Å²) in [6, 6.07) is 13.2. The Hall–Kier alpha value is -3.03. The zero-order chi connectivity index (χ0) is 23.7. The van der Waals surface area contributed by atoms with Gasteiger partial charge in [-0.15, -0.1) is 0 Å². The second-order valence-corrected chi connectivity index (χ2v) is 9.31. The van der Waals surface area contributed by atoms with Crippen LogP contribution in [0.2, 0.25) is 5.02 Å². The van der Waals surface area contributed by atoms with Crippen LogP contribution in [0.1, 0.15) is 53.0 Å². The lowest BCUT2D eigenvalue weighted by atomic mass is 9.92. The number of nitrogens with one attached hydrogen (secondary N) is 3. The van der Waals surface area contributed by atoms with Gasteiger partial charge in [-0.2, -0.15) is 0 Å². The van der Waals surface area contributed by atoms with Crippen molar-refractivity contribution in [3.63, 3.8) is 0 Å². The minimum atomic E-state index is -0.345. The Bertz CT molecular complexity index is 1200. The number of nitrogens with zero attached hydrogens (tertiary/aromatic N) is 1. The van der Waals surface area contributed by atoms with E-state index >= 15 is 0 Å². The Morgan fingerprint density at radius 2 is 1.91 bits per heavy atom. The SMILES string of the molecule is CCOC(=O)N1CCc2c([nH]c3ccc(Cl)cc23)C1c1ccc(C(=O)NC2CCNCC2)cc1. The van der Waals surface area contributed by atoms with Crippen molar-refractivity contribution in [2.75, 3.05) is 26.2 Å². The molecular formula is C26H29ClN4O3. The second kappa shape index (κ2) is 9.68. The monoisotopic (exact) mass is 480 g/mol. The highest BCUT2D eigenvalue weighted by molar-refractivity contribution is 6.31. The molecule has 2 aromatic carbocycles. The summed E-state index contributed by atoms with van der Waals surface area (Å²) >= 11 is 6.27. The summed E-state index contributed by atoms with van der Waals surface area (Å²) in [5, 5.41) is 8.21. The molecule has 0 aliphatic carbocycles. The number of ether oxygens (including phenoxy) is 1. The van der Waals surface area contributed by atoms with Crippen molar-refractivity contribution in [1.82, 2.24) is 20.5 Å². The summed E-state index contributed by atoms with van der Waals surface area (Å²) in [7, 11) is 0. The van der Waals surface area contributed by atoms with Gasteiger partial charge in [0, 0.05) is 39.8 Å². The maximum atomic E-state index is 12.9. The Kier molecular flexibility index (Phi) is 6.48. The molecule has 2 amide bonds. The highest BCUT2D eigenvalue weighted by Crippen LogP contribution is 2.39. The Morgan fingerprint density at radius 1 is 1.15 bits per heavy atom. The molecule has 3 N–H and O–H groups in total. The lowest BCUT2D eigenvalue weighted by molar-refractivity contribution is 0.0918. The Morgan fingerprint density at radius 3 is 2.65 bits per heavy atom. The third kappa shape index (κ3) is 4.38. The molecular weight excluding hydrogens is 452 g/mol. The molecule has 0 saturated carbocycles. The molecule has 8 heteroatoms. The number of amides is 2. The van der Waals surface area contributed by atoms with Crippen molar-refractivity contribution in [1.29, 1.82) is 0 Å². The van der Waals surface area contributed by atoms with Crippen LogP contribution in [0.3, 0.4) is 0 Å². The maximum absolute atomic E-state index is 12.9. The second-order valence-electron chi connectivity index (χ2n) is 8.87. The summed E-state index contributed by atoms with van der Waals surface area (Å²) in [4.78, 5) is 30.9. The topological polar surface area (TPSA) is 86.5 Å². The van der Waals surface area contributed by atoms with Gasteiger partial charge in [0.2, 0.25) is 0 Å². The van der Waals surface area contributed by atoms with Crippen molar-refractivity contribution in [3.05, 3.63) is 69.9 Å². The van der Waals surface area contributed by atoms with Crippen LogP contribution < -0.4 is 10.6 Å². The van der Waals surface area contributed by atoms with E-state index in [1.807, 2.05) is 49.4 Å².